The van der Waals surface area contributed by atoms with Gasteiger partial charge in [0, 0.05) is 0 Å². The van der Waals surface area contributed by atoms with Gasteiger partial charge in [-0.25, -0.2) is 4.79 Å². The molecule has 2 heterocycles. The minimum Gasteiger partial charge on any atom is -0.394 e. The molecule has 14 nitrogen and oxygen atoms in total. The Bertz CT molecular complexity index is 600. The zero-order chi connectivity index (χ0) is 22.6. The molecule has 0 aliphatic carbocycles. The SMILES string of the molecule is CC(=O)CC(=O)OOC[C@H]1O[C@H](O[C@]2(CO)O[C@H](CO)[C@@H](O)[C@@H]2O)[C@H](O)[C@@H](O)[C@@H]1O. The van der Waals surface area contributed by atoms with Crippen molar-refractivity contribution in [3.05, 3.63) is 0 Å². The number of carbonyl (C=O) groups is 2. The number of carbonyl (C=O) groups excluding carboxylic acids is 2. The van der Waals surface area contributed by atoms with Crippen LogP contribution in [0.1, 0.15) is 13.3 Å². The van der Waals surface area contributed by atoms with E-state index in [1.165, 1.54) is 0 Å². The van der Waals surface area contributed by atoms with Crippen molar-refractivity contribution in [3.63, 3.8) is 0 Å². The van der Waals surface area contributed by atoms with Crippen LogP contribution in [0.5, 0.6) is 0 Å². The molecule has 9 atom stereocenters. The lowest BCUT2D eigenvalue weighted by Crippen LogP contribution is -2.62. The number of rotatable bonds is 9. The van der Waals surface area contributed by atoms with Gasteiger partial charge in [0.2, 0.25) is 5.79 Å². The third-order valence-corrected chi connectivity index (χ3v) is 4.67. The van der Waals surface area contributed by atoms with Crippen molar-refractivity contribution in [1.29, 1.82) is 0 Å². The Morgan fingerprint density at radius 2 is 1.63 bits per heavy atom. The summed E-state index contributed by atoms with van der Waals surface area (Å²) in [5.41, 5.74) is 0. The molecular weight excluding hydrogens is 416 g/mol. The molecule has 0 radical (unpaired) electrons. The molecule has 7 N–H and O–H groups in total. The predicted molar refractivity (Wildman–Crippen MR) is 88.9 cm³/mol. The average molecular weight is 442 g/mol. The smallest absolute Gasteiger partial charge is 0.349 e. The van der Waals surface area contributed by atoms with Crippen LogP contribution in [0.4, 0.5) is 0 Å². The van der Waals surface area contributed by atoms with Crippen molar-refractivity contribution in [2.24, 2.45) is 0 Å². The molecule has 174 valence electrons. The van der Waals surface area contributed by atoms with E-state index in [4.69, 9.17) is 14.2 Å². The Kier molecular flexibility index (Phi) is 8.60. The van der Waals surface area contributed by atoms with Crippen molar-refractivity contribution < 1.29 is 69.3 Å². The first-order valence-electron chi connectivity index (χ1n) is 9.01. The lowest BCUT2D eigenvalue weighted by molar-refractivity contribution is -0.391. The Morgan fingerprint density at radius 1 is 0.967 bits per heavy atom. The van der Waals surface area contributed by atoms with Crippen LogP contribution in [0.3, 0.4) is 0 Å². The number of Topliss-reactive ketones (excluding diaryl/α,β-unsaturated/α-hetero) is 1. The summed E-state index contributed by atoms with van der Waals surface area (Å²) in [6, 6.07) is 0. The van der Waals surface area contributed by atoms with E-state index >= 15 is 0 Å². The largest absolute Gasteiger partial charge is 0.394 e. The first-order chi connectivity index (χ1) is 14.1. The molecule has 2 fully saturated rings. The third-order valence-electron chi connectivity index (χ3n) is 4.67. The van der Waals surface area contributed by atoms with Gasteiger partial charge in [-0.3, -0.25) is 9.68 Å². The Hall–Kier alpha value is -1.30. The van der Waals surface area contributed by atoms with Gasteiger partial charge in [0.15, 0.2) is 6.29 Å². The zero-order valence-electron chi connectivity index (χ0n) is 15.9. The highest BCUT2D eigenvalue weighted by Gasteiger charge is 2.58. The minimum atomic E-state index is -2.32. The molecular formula is C16H26O14. The molecule has 0 aromatic carbocycles. The second-order valence-electron chi connectivity index (χ2n) is 7.00. The molecule has 0 amide bonds. The molecule has 2 saturated heterocycles. The maximum absolute atomic E-state index is 11.3. The van der Waals surface area contributed by atoms with Crippen LogP contribution < -0.4 is 0 Å². The molecule has 30 heavy (non-hydrogen) atoms. The Balaban J connectivity index is 2.05. The highest BCUT2D eigenvalue weighted by molar-refractivity contribution is 5.93. The third kappa shape index (κ3) is 5.30. The van der Waals surface area contributed by atoms with E-state index in [-0.39, 0.29) is 0 Å². The topological polar surface area (TPSA) is 222 Å². The maximum Gasteiger partial charge on any atom is 0.349 e. The predicted octanol–water partition coefficient (Wildman–Crippen LogP) is -4.93. The van der Waals surface area contributed by atoms with E-state index in [9.17, 15) is 45.3 Å². The second kappa shape index (κ2) is 10.3. The van der Waals surface area contributed by atoms with Crippen LogP contribution in [0.2, 0.25) is 0 Å². The van der Waals surface area contributed by atoms with E-state index < -0.39 is 92.8 Å². The molecule has 2 rings (SSSR count). The van der Waals surface area contributed by atoms with Gasteiger partial charge < -0.3 is 50.0 Å². The lowest BCUT2D eigenvalue weighted by atomic mass is 9.99. The quantitative estimate of drug-likeness (QED) is 0.101. The van der Waals surface area contributed by atoms with Gasteiger partial charge >= 0.3 is 5.97 Å². The molecule has 0 bridgehead atoms. The van der Waals surface area contributed by atoms with Gasteiger partial charge in [0.1, 0.15) is 68.1 Å². The Morgan fingerprint density at radius 3 is 2.17 bits per heavy atom. The lowest BCUT2D eigenvalue weighted by Gasteiger charge is -2.43. The molecule has 2 aliphatic heterocycles. The molecule has 2 aliphatic rings. The summed E-state index contributed by atoms with van der Waals surface area (Å²) >= 11 is 0. The Labute approximate surface area is 170 Å². The average Bonchev–Trinajstić information content (AvgIpc) is 2.94. The highest BCUT2D eigenvalue weighted by atomic mass is 17.2. The van der Waals surface area contributed by atoms with Crippen LogP contribution in [-0.2, 0) is 33.6 Å². The van der Waals surface area contributed by atoms with E-state index in [1.54, 1.807) is 0 Å². The molecule has 14 heteroatoms. The van der Waals surface area contributed by atoms with E-state index in [1.807, 2.05) is 0 Å². The second-order valence-corrected chi connectivity index (χ2v) is 7.00. The summed E-state index contributed by atoms with van der Waals surface area (Å²) in [7, 11) is 0. The van der Waals surface area contributed by atoms with Crippen LogP contribution in [0, 0.1) is 0 Å². The monoisotopic (exact) mass is 442 g/mol. The van der Waals surface area contributed by atoms with Crippen molar-refractivity contribution in [1.82, 2.24) is 0 Å². The number of hydrogen-bond donors (Lipinski definition) is 7. The van der Waals surface area contributed by atoms with Gasteiger partial charge in [-0.1, -0.05) is 0 Å². The number of ether oxygens (including phenoxy) is 3. The summed E-state index contributed by atoms with van der Waals surface area (Å²) in [6.07, 6.45) is -14.1. The van der Waals surface area contributed by atoms with Crippen molar-refractivity contribution in [2.75, 3.05) is 19.8 Å². The number of ketones is 1. The number of aliphatic hydroxyl groups excluding tert-OH is 7. The fraction of sp³-hybridized carbons (Fsp3) is 0.875. The molecule has 0 aromatic rings. The van der Waals surface area contributed by atoms with E-state index in [0.717, 1.165) is 6.92 Å². The molecule has 0 saturated carbocycles. The van der Waals surface area contributed by atoms with Crippen LogP contribution >= 0.6 is 0 Å². The molecule has 0 unspecified atom stereocenters. The van der Waals surface area contributed by atoms with Crippen molar-refractivity contribution >= 4 is 11.8 Å². The van der Waals surface area contributed by atoms with Gasteiger partial charge in [0.25, 0.3) is 0 Å². The summed E-state index contributed by atoms with van der Waals surface area (Å²) in [5.74, 6) is -3.80. The first kappa shape index (κ1) is 25.0. The van der Waals surface area contributed by atoms with Crippen LogP contribution in [0.25, 0.3) is 0 Å². The summed E-state index contributed by atoms with van der Waals surface area (Å²) < 4.78 is 15.8. The van der Waals surface area contributed by atoms with Crippen LogP contribution in [0.15, 0.2) is 0 Å². The van der Waals surface area contributed by atoms with Gasteiger partial charge in [-0.05, 0) is 6.92 Å². The number of hydrogen-bond acceptors (Lipinski definition) is 14. The maximum atomic E-state index is 11.3. The van der Waals surface area contributed by atoms with E-state index in [0.29, 0.717) is 0 Å². The van der Waals surface area contributed by atoms with Gasteiger partial charge in [-0.2, -0.15) is 4.89 Å². The fourth-order valence-electron chi connectivity index (χ4n) is 3.02. The summed E-state index contributed by atoms with van der Waals surface area (Å²) in [4.78, 5) is 31.0. The van der Waals surface area contributed by atoms with Crippen molar-refractivity contribution in [2.45, 2.75) is 68.1 Å². The van der Waals surface area contributed by atoms with Crippen molar-refractivity contribution in [3.8, 4) is 0 Å². The standard InChI is InChI=1S/C16H26O14/c1-6(19)2-9(20)30-26-4-8-10(21)12(23)13(24)15(27-8)29-16(5-18)14(25)11(22)7(3-17)28-16/h7-8,10-15,17-18,21-25H,2-5H2,1H3/t7-,8-,10-,11-,12+,13-,14+,15-,16+/m1/s1. The van der Waals surface area contributed by atoms with E-state index in [2.05, 4.69) is 9.78 Å². The first-order valence-corrected chi connectivity index (χ1v) is 9.01. The number of aliphatic hydroxyl groups is 7. The molecule has 0 spiro atoms. The summed E-state index contributed by atoms with van der Waals surface area (Å²) in [6.45, 7) is -1.24. The highest BCUT2D eigenvalue weighted by Crippen LogP contribution is 2.36. The van der Waals surface area contributed by atoms with Gasteiger partial charge in [-0.15, -0.1) is 0 Å². The van der Waals surface area contributed by atoms with Gasteiger partial charge in [0.05, 0.1) is 6.61 Å². The fourth-order valence-corrected chi connectivity index (χ4v) is 3.02. The summed E-state index contributed by atoms with van der Waals surface area (Å²) in [5, 5.41) is 69.1. The zero-order valence-corrected chi connectivity index (χ0v) is 15.9. The minimum absolute atomic E-state index is 0.475. The van der Waals surface area contributed by atoms with Crippen LogP contribution in [-0.4, -0.2) is 122 Å². The molecule has 0 aromatic heterocycles. The normalized spacial score (nSPS) is 41.6.